The van der Waals surface area contributed by atoms with Crippen molar-refractivity contribution in [1.29, 1.82) is 0 Å². The minimum Gasteiger partial charge on any atom is -0.370 e. The van der Waals surface area contributed by atoms with Crippen LogP contribution in [0.25, 0.3) is 27.5 Å². The fraction of sp³-hybridized carbons (Fsp3) is 0.250. The van der Waals surface area contributed by atoms with Crippen molar-refractivity contribution < 1.29 is 4.79 Å². The van der Waals surface area contributed by atoms with E-state index in [0.717, 1.165) is 64.0 Å². The van der Waals surface area contributed by atoms with E-state index >= 15 is 0 Å². The van der Waals surface area contributed by atoms with Crippen molar-refractivity contribution in [1.82, 2.24) is 19.7 Å². The Kier molecular flexibility index (Phi) is 5.22. The van der Waals surface area contributed by atoms with Gasteiger partial charge < -0.3 is 10.6 Å². The molecular formula is C24H24N6OS. The van der Waals surface area contributed by atoms with Crippen LogP contribution in [-0.2, 0) is 17.6 Å². The van der Waals surface area contributed by atoms with Crippen LogP contribution in [0.1, 0.15) is 30.7 Å². The number of benzene rings is 1. The number of carbonyl (C=O) groups is 1. The highest BCUT2D eigenvalue weighted by molar-refractivity contribution is 7.19. The third-order valence-electron chi connectivity index (χ3n) is 5.53. The Balaban J connectivity index is 1.70. The molecule has 7 nitrogen and oxygen atoms in total. The lowest BCUT2D eigenvalue weighted by atomic mass is 9.95. The first-order chi connectivity index (χ1) is 15.5. The number of aryl methyl sites for hydroxylation is 2. The second kappa shape index (κ2) is 8.20. The van der Waals surface area contributed by atoms with Crippen molar-refractivity contribution in [2.45, 2.75) is 33.6 Å². The van der Waals surface area contributed by atoms with Gasteiger partial charge in [-0.05, 0) is 50.5 Å². The van der Waals surface area contributed by atoms with E-state index in [1.807, 2.05) is 29.1 Å². The lowest BCUT2D eigenvalue weighted by Gasteiger charge is -2.15. The molecule has 4 aromatic rings. The van der Waals surface area contributed by atoms with E-state index in [1.165, 1.54) is 23.8 Å². The molecule has 3 heterocycles. The third kappa shape index (κ3) is 3.56. The van der Waals surface area contributed by atoms with Crippen LogP contribution in [0, 0.1) is 6.92 Å². The molecule has 0 saturated heterocycles. The molecule has 32 heavy (non-hydrogen) atoms. The predicted octanol–water partition coefficient (Wildman–Crippen LogP) is 4.86. The van der Waals surface area contributed by atoms with Crippen molar-refractivity contribution in [3.63, 3.8) is 0 Å². The van der Waals surface area contributed by atoms with Gasteiger partial charge in [0.05, 0.1) is 27.6 Å². The average molecular weight is 445 g/mol. The Labute approximate surface area is 190 Å². The molecule has 0 atom stereocenters. The smallest absolute Gasteiger partial charge is 0.223 e. The highest BCUT2D eigenvalue weighted by atomic mass is 32.1. The number of para-hydroxylation sites is 1. The number of thiazole rings is 1. The van der Waals surface area contributed by atoms with E-state index in [0.29, 0.717) is 5.13 Å². The van der Waals surface area contributed by atoms with Crippen LogP contribution in [0.15, 0.2) is 42.6 Å². The number of fused-ring (bicyclic) bond motifs is 3. The lowest BCUT2D eigenvalue weighted by molar-refractivity contribution is -0.114. The molecule has 0 unspecified atom stereocenters. The molecule has 0 fully saturated rings. The zero-order valence-corrected chi connectivity index (χ0v) is 19.1. The summed E-state index contributed by atoms with van der Waals surface area (Å²) in [6.45, 7) is 6.48. The lowest BCUT2D eigenvalue weighted by Crippen LogP contribution is -2.07. The van der Waals surface area contributed by atoms with E-state index in [2.05, 4.69) is 52.6 Å². The first kappa shape index (κ1) is 20.4. The summed E-state index contributed by atoms with van der Waals surface area (Å²) in [5, 5.41) is 11.8. The zero-order chi connectivity index (χ0) is 22.2. The summed E-state index contributed by atoms with van der Waals surface area (Å²) < 4.78 is 2.03. The van der Waals surface area contributed by atoms with E-state index in [9.17, 15) is 4.79 Å². The molecule has 1 aromatic carbocycles. The van der Waals surface area contributed by atoms with Gasteiger partial charge in [0.25, 0.3) is 0 Å². The first-order valence-corrected chi connectivity index (χ1v) is 11.5. The Bertz CT molecular complexity index is 1300. The monoisotopic (exact) mass is 444 g/mol. The number of carbonyl (C=O) groups excluding carboxylic acids is 1. The standard InChI is InChI=1S/C24H24N6OS/c1-4-25-20-12-9-16(13-26-20)21-17-10-11-18-23(32-24(28-18)27-15(3)31)22(17)30(29-21)19-8-6-5-7-14(19)2/h5-9,12-13H,4,10-11H2,1-3H3,(H,25,26)(H,27,28,31). The summed E-state index contributed by atoms with van der Waals surface area (Å²) in [4.78, 5) is 21.9. The highest BCUT2D eigenvalue weighted by Gasteiger charge is 2.30. The molecule has 3 aromatic heterocycles. The predicted molar refractivity (Wildman–Crippen MR) is 129 cm³/mol. The molecule has 1 amide bonds. The molecule has 1 aliphatic rings. The van der Waals surface area contributed by atoms with Crippen LogP contribution in [0.3, 0.4) is 0 Å². The number of rotatable bonds is 5. The SMILES string of the molecule is CCNc1ccc(-c2nn(-c3ccccc3C)c3c2CCc2nc(NC(C)=O)sc2-3)cn1. The largest absolute Gasteiger partial charge is 0.370 e. The fourth-order valence-electron chi connectivity index (χ4n) is 4.10. The topological polar surface area (TPSA) is 84.7 Å². The maximum atomic E-state index is 11.6. The molecule has 0 aliphatic heterocycles. The third-order valence-corrected chi connectivity index (χ3v) is 6.55. The summed E-state index contributed by atoms with van der Waals surface area (Å²) in [7, 11) is 0. The van der Waals surface area contributed by atoms with E-state index < -0.39 is 0 Å². The Morgan fingerprint density at radius 1 is 1.19 bits per heavy atom. The molecule has 2 N–H and O–H groups in total. The van der Waals surface area contributed by atoms with Gasteiger partial charge in [-0.2, -0.15) is 5.10 Å². The number of nitrogens with one attached hydrogen (secondary N) is 2. The fourth-order valence-corrected chi connectivity index (χ4v) is 5.22. The normalized spacial score (nSPS) is 12.2. The summed E-state index contributed by atoms with van der Waals surface area (Å²) in [5.74, 6) is 0.740. The van der Waals surface area contributed by atoms with E-state index in [-0.39, 0.29) is 5.91 Å². The number of nitrogens with zero attached hydrogens (tertiary/aromatic N) is 4. The Hall–Kier alpha value is -3.52. The van der Waals surface area contributed by atoms with Gasteiger partial charge in [-0.1, -0.05) is 29.5 Å². The van der Waals surface area contributed by atoms with Gasteiger partial charge in [0.2, 0.25) is 5.91 Å². The number of hydrogen-bond acceptors (Lipinski definition) is 6. The van der Waals surface area contributed by atoms with Gasteiger partial charge in [0, 0.05) is 30.8 Å². The van der Waals surface area contributed by atoms with Crippen molar-refractivity contribution in [2.75, 3.05) is 17.2 Å². The van der Waals surface area contributed by atoms with Crippen molar-refractivity contribution in [3.05, 3.63) is 59.4 Å². The van der Waals surface area contributed by atoms with Crippen LogP contribution in [-0.4, -0.2) is 32.2 Å². The molecule has 5 rings (SSSR count). The van der Waals surface area contributed by atoms with Crippen molar-refractivity contribution in [3.8, 4) is 27.5 Å². The van der Waals surface area contributed by atoms with E-state index in [4.69, 9.17) is 5.10 Å². The van der Waals surface area contributed by atoms with Crippen molar-refractivity contribution in [2.24, 2.45) is 0 Å². The average Bonchev–Trinajstić information content (AvgIpc) is 3.35. The molecule has 1 aliphatic carbocycles. The maximum Gasteiger partial charge on any atom is 0.223 e. The summed E-state index contributed by atoms with van der Waals surface area (Å²) in [6.07, 6.45) is 3.53. The summed E-state index contributed by atoms with van der Waals surface area (Å²) in [6, 6.07) is 12.3. The number of anilines is 2. The highest BCUT2D eigenvalue weighted by Crippen LogP contribution is 2.44. The van der Waals surface area contributed by atoms with Crippen LogP contribution in [0.2, 0.25) is 0 Å². The quantitative estimate of drug-likeness (QED) is 0.459. The minimum atomic E-state index is -0.115. The van der Waals surface area contributed by atoms with Gasteiger partial charge in [-0.3, -0.25) is 4.79 Å². The number of amides is 1. The van der Waals surface area contributed by atoms with Crippen LogP contribution < -0.4 is 10.6 Å². The van der Waals surface area contributed by atoms with Gasteiger partial charge in [0.1, 0.15) is 5.82 Å². The zero-order valence-electron chi connectivity index (χ0n) is 18.3. The van der Waals surface area contributed by atoms with Crippen LogP contribution >= 0.6 is 11.3 Å². The van der Waals surface area contributed by atoms with Crippen molar-refractivity contribution >= 4 is 28.2 Å². The molecule has 0 bridgehead atoms. The summed E-state index contributed by atoms with van der Waals surface area (Å²) >= 11 is 1.51. The Morgan fingerprint density at radius 2 is 2.03 bits per heavy atom. The second-order valence-corrected chi connectivity index (χ2v) is 8.81. The number of hydrogen-bond donors (Lipinski definition) is 2. The molecule has 8 heteroatoms. The molecular weight excluding hydrogens is 420 g/mol. The first-order valence-electron chi connectivity index (χ1n) is 10.7. The minimum absolute atomic E-state index is 0.115. The number of aromatic nitrogens is 4. The summed E-state index contributed by atoms with van der Waals surface area (Å²) in [5.41, 5.74) is 7.37. The second-order valence-electron chi connectivity index (χ2n) is 7.81. The van der Waals surface area contributed by atoms with E-state index in [1.54, 1.807) is 0 Å². The van der Waals surface area contributed by atoms with Crippen LogP contribution in [0.5, 0.6) is 0 Å². The molecule has 0 spiro atoms. The maximum absolute atomic E-state index is 11.6. The Morgan fingerprint density at radius 3 is 2.75 bits per heavy atom. The number of pyridine rings is 1. The molecule has 0 radical (unpaired) electrons. The van der Waals surface area contributed by atoms with Gasteiger partial charge in [0.15, 0.2) is 5.13 Å². The van der Waals surface area contributed by atoms with Gasteiger partial charge in [-0.25, -0.2) is 14.6 Å². The molecule has 0 saturated carbocycles. The van der Waals surface area contributed by atoms with Gasteiger partial charge in [-0.15, -0.1) is 0 Å². The van der Waals surface area contributed by atoms with Gasteiger partial charge >= 0.3 is 0 Å². The van der Waals surface area contributed by atoms with Crippen LogP contribution in [0.4, 0.5) is 10.9 Å². The molecule has 162 valence electrons.